The number of aromatic hydroxyl groups is 1. The van der Waals surface area contributed by atoms with Crippen molar-refractivity contribution in [2.45, 2.75) is 18.9 Å². The van der Waals surface area contributed by atoms with Gasteiger partial charge in [-0.1, -0.05) is 6.07 Å². The summed E-state index contributed by atoms with van der Waals surface area (Å²) in [5, 5.41) is 10.1. The first-order chi connectivity index (χ1) is 15.0. The molecule has 2 aromatic heterocycles. The number of aryl methyl sites for hydroxylation is 1. The number of phenols is 1. The molecular weight excluding hydrogens is 392 g/mol. The average molecular weight is 418 g/mol. The zero-order valence-electron chi connectivity index (χ0n) is 17.8. The number of rotatable bonds is 4. The average Bonchev–Trinajstić information content (AvgIpc) is 3.44. The Morgan fingerprint density at radius 3 is 2.94 bits per heavy atom. The van der Waals surface area contributed by atoms with Crippen LogP contribution in [0.5, 0.6) is 5.75 Å². The van der Waals surface area contributed by atoms with Gasteiger partial charge < -0.3 is 24.2 Å². The molecule has 2 aliphatic rings. The maximum Gasteiger partial charge on any atom is 0.254 e. The number of carbonyl (C=O) groups excluding carboxylic acids is 1. The number of hydrogen-bond acceptors (Lipinski definition) is 5. The van der Waals surface area contributed by atoms with Crippen molar-refractivity contribution >= 4 is 11.6 Å². The lowest BCUT2D eigenvalue weighted by atomic mass is 9.89. The van der Waals surface area contributed by atoms with E-state index in [0.29, 0.717) is 31.8 Å². The number of fused-ring (bicyclic) bond motifs is 4. The smallest absolute Gasteiger partial charge is 0.254 e. The molecule has 7 heteroatoms. The number of ether oxygens (including phenoxy) is 1. The molecular formula is C24H26N4O3. The Labute approximate surface area is 181 Å². The maximum absolute atomic E-state index is 13.3. The third-order valence-corrected chi connectivity index (χ3v) is 6.54. The van der Waals surface area contributed by atoms with Crippen LogP contribution in [0.2, 0.25) is 0 Å². The Morgan fingerprint density at radius 2 is 2.13 bits per heavy atom. The molecule has 1 amide bonds. The Morgan fingerprint density at radius 1 is 1.26 bits per heavy atom. The highest BCUT2D eigenvalue weighted by Gasteiger charge is 2.50. The third-order valence-electron chi connectivity index (χ3n) is 6.54. The lowest BCUT2D eigenvalue weighted by Gasteiger charge is -2.47. The van der Waals surface area contributed by atoms with E-state index < -0.39 is 0 Å². The lowest BCUT2D eigenvalue weighted by molar-refractivity contribution is 0.0781. The third kappa shape index (κ3) is 2.99. The van der Waals surface area contributed by atoms with Gasteiger partial charge in [0.15, 0.2) is 5.82 Å². The van der Waals surface area contributed by atoms with E-state index in [1.807, 2.05) is 36.4 Å². The fourth-order valence-electron chi connectivity index (χ4n) is 4.94. The zero-order chi connectivity index (χ0) is 21.6. The van der Waals surface area contributed by atoms with Crippen molar-refractivity contribution in [1.29, 1.82) is 0 Å². The molecule has 3 aromatic rings. The highest BCUT2D eigenvalue weighted by Crippen LogP contribution is 2.47. The minimum Gasteiger partial charge on any atom is -0.508 e. The van der Waals surface area contributed by atoms with Crippen LogP contribution in [-0.4, -0.2) is 58.8 Å². The molecule has 7 nitrogen and oxygen atoms in total. The van der Waals surface area contributed by atoms with Crippen LogP contribution in [0.4, 0.5) is 5.69 Å². The van der Waals surface area contributed by atoms with Crippen molar-refractivity contribution in [2.75, 3.05) is 38.3 Å². The molecule has 160 valence electrons. The molecule has 1 saturated heterocycles. The topological polar surface area (TPSA) is 70.8 Å². The second-order valence-electron chi connectivity index (χ2n) is 8.26. The number of carbonyl (C=O) groups is 1. The van der Waals surface area contributed by atoms with E-state index in [1.165, 1.54) is 0 Å². The SMILES string of the molecule is COCCN1c2cccnc2-n2cccc2[C@]12CCN(C(=O)c1ccc(C)c(O)c1)C2. The Kier molecular flexibility index (Phi) is 4.70. The number of hydrogen-bond donors (Lipinski definition) is 1. The van der Waals surface area contributed by atoms with E-state index in [9.17, 15) is 9.90 Å². The summed E-state index contributed by atoms with van der Waals surface area (Å²) in [6.45, 7) is 4.30. The van der Waals surface area contributed by atoms with E-state index >= 15 is 0 Å². The number of benzene rings is 1. The van der Waals surface area contributed by atoms with Crippen molar-refractivity contribution in [3.63, 3.8) is 0 Å². The minimum atomic E-state index is -0.361. The Bertz CT molecular complexity index is 1140. The molecule has 0 unspecified atom stereocenters. The van der Waals surface area contributed by atoms with E-state index in [2.05, 4.69) is 26.6 Å². The van der Waals surface area contributed by atoms with Gasteiger partial charge in [-0.05, 0) is 55.3 Å². The van der Waals surface area contributed by atoms with Gasteiger partial charge in [0, 0.05) is 44.7 Å². The van der Waals surface area contributed by atoms with E-state index in [4.69, 9.17) is 4.74 Å². The number of amides is 1. The first-order valence-corrected chi connectivity index (χ1v) is 10.5. The summed E-state index contributed by atoms with van der Waals surface area (Å²) in [5.41, 5.74) is 3.09. The van der Waals surface area contributed by atoms with Crippen molar-refractivity contribution in [2.24, 2.45) is 0 Å². The number of anilines is 1. The van der Waals surface area contributed by atoms with Gasteiger partial charge in [-0.25, -0.2) is 4.98 Å². The lowest BCUT2D eigenvalue weighted by Crippen LogP contribution is -2.53. The van der Waals surface area contributed by atoms with Gasteiger partial charge in [-0.3, -0.25) is 4.79 Å². The largest absolute Gasteiger partial charge is 0.508 e. The minimum absolute atomic E-state index is 0.0612. The molecule has 0 saturated carbocycles. The maximum atomic E-state index is 13.3. The summed E-state index contributed by atoms with van der Waals surface area (Å²) < 4.78 is 7.57. The van der Waals surface area contributed by atoms with Crippen LogP contribution in [0.25, 0.3) is 5.82 Å². The molecule has 31 heavy (non-hydrogen) atoms. The van der Waals surface area contributed by atoms with Gasteiger partial charge in [-0.2, -0.15) is 0 Å². The van der Waals surface area contributed by atoms with E-state index in [-0.39, 0.29) is 17.2 Å². The number of methoxy groups -OCH3 is 1. The number of aromatic nitrogens is 2. The van der Waals surface area contributed by atoms with Crippen LogP contribution in [0.3, 0.4) is 0 Å². The summed E-state index contributed by atoms with van der Waals surface area (Å²) in [6, 6.07) is 13.3. The van der Waals surface area contributed by atoms with Crippen LogP contribution in [0.15, 0.2) is 54.9 Å². The number of likely N-dealkylation sites (tertiary alicyclic amines) is 1. The molecule has 5 rings (SSSR count). The predicted molar refractivity (Wildman–Crippen MR) is 118 cm³/mol. The Balaban J connectivity index is 1.54. The summed E-state index contributed by atoms with van der Waals surface area (Å²) in [5.74, 6) is 0.986. The Hall–Kier alpha value is -3.32. The summed E-state index contributed by atoms with van der Waals surface area (Å²) in [7, 11) is 1.71. The fourth-order valence-corrected chi connectivity index (χ4v) is 4.94. The predicted octanol–water partition coefficient (Wildman–Crippen LogP) is 3.09. The van der Waals surface area contributed by atoms with Gasteiger partial charge in [0.05, 0.1) is 18.0 Å². The summed E-state index contributed by atoms with van der Waals surface area (Å²) in [6.07, 6.45) is 4.65. The first-order valence-electron chi connectivity index (χ1n) is 10.5. The molecule has 1 atom stereocenters. The van der Waals surface area contributed by atoms with Crippen LogP contribution >= 0.6 is 0 Å². The molecule has 1 aromatic carbocycles. The summed E-state index contributed by atoms with van der Waals surface area (Å²) >= 11 is 0. The van der Waals surface area contributed by atoms with Gasteiger partial charge in [0.2, 0.25) is 0 Å². The van der Waals surface area contributed by atoms with E-state index in [0.717, 1.165) is 29.2 Å². The van der Waals surface area contributed by atoms with Crippen LogP contribution in [0, 0.1) is 6.92 Å². The van der Waals surface area contributed by atoms with Crippen molar-refractivity contribution in [1.82, 2.24) is 14.5 Å². The number of phenolic OH excluding ortho intramolecular Hbond substituents is 1. The second-order valence-corrected chi connectivity index (χ2v) is 8.26. The normalized spacial score (nSPS) is 19.5. The molecule has 0 radical (unpaired) electrons. The standard InChI is InChI=1S/C24H26N4O3/c1-17-7-8-18(15-20(17)29)23(30)26-12-9-24(16-26)21-6-4-11-27(21)22-19(5-3-10-25-22)28(24)13-14-31-2/h3-8,10-11,15,29H,9,12-14,16H2,1-2H3/t24-/m1/s1. The molecule has 1 N–H and O–H groups in total. The number of pyridine rings is 1. The molecule has 1 spiro atoms. The molecule has 4 heterocycles. The van der Waals surface area contributed by atoms with Gasteiger partial charge in [0.1, 0.15) is 11.3 Å². The molecule has 1 fully saturated rings. The highest BCUT2D eigenvalue weighted by atomic mass is 16.5. The van der Waals surface area contributed by atoms with Crippen molar-refractivity contribution in [3.05, 3.63) is 71.7 Å². The van der Waals surface area contributed by atoms with Gasteiger partial charge >= 0.3 is 0 Å². The fraction of sp³-hybridized carbons (Fsp3) is 0.333. The van der Waals surface area contributed by atoms with Gasteiger partial charge in [-0.15, -0.1) is 0 Å². The molecule has 0 bridgehead atoms. The van der Waals surface area contributed by atoms with Crippen molar-refractivity contribution < 1.29 is 14.6 Å². The number of nitrogens with zero attached hydrogens (tertiary/aromatic N) is 4. The van der Waals surface area contributed by atoms with Crippen LogP contribution < -0.4 is 4.90 Å². The van der Waals surface area contributed by atoms with Crippen molar-refractivity contribution in [3.8, 4) is 11.6 Å². The zero-order valence-corrected chi connectivity index (χ0v) is 17.8. The molecule has 2 aliphatic heterocycles. The van der Waals surface area contributed by atoms with Crippen LogP contribution in [0.1, 0.15) is 28.0 Å². The first kappa shape index (κ1) is 19.6. The highest BCUT2D eigenvalue weighted by molar-refractivity contribution is 5.95. The van der Waals surface area contributed by atoms with Crippen LogP contribution in [-0.2, 0) is 10.3 Å². The van der Waals surface area contributed by atoms with Gasteiger partial charge in [0.25, 0.3) is 5.91 Å². The monoisotopic (exact) mass is 418 g/mol. The molecule has 0 aliphatic carbocycles. The second kappa shape index (κ2) is 7.42. The van der Waals surface area contributed by atoms with E-state index in [1.54, 1.807) is 25.3 Å². The quantitative estimate of drug-likeness (QED) is 0.705. The summed E-state index contributed by atoms with van der Waals surface area (Å²) in [4.78, 5) is 22.2.